The van der Waals surface area contributed by atoms with E-state index in [2.05, 4.69) is 29.6 Å². The number of benzene rings is 3. The Morgan fingerprint density at radius 2 is 1.73 bits per heavy atom. The van der Waals surface area contributed by atoms with Crippen LogP contribution in [0.3, 0.4) is 0 Å². The molecule has 1 aliphatic rings. The number of carbonyl (C=O) groups is 2. The molecule has 4 rings (SSSR count). The van der Waals surface area contributed by atoms with E-state index in [0.717, 1.165) is 16.7 Å². The van der Waals surface area contributed by atoms with E-state index >= 15 is 0 Å². The molecular weight excluding hydrogens is 416 g/mol. The summed E-state index contributed by atoms with van der Waals surface area (Å²) in [4.78, 5) is 27.9. The van der Waals surface area contributed by atoms with Crippen LogP contribution in [-0.4, -0.2) is 50.6 Å². The molecule has 6 nitrogen and oxygen atoms in total. The highest BCUT2D eigenvalue weighted by atomic mass is 16.5. The summed E-state index contributed by atoms with van der Waals surface area (Å²) in [6, 6.07) is 23.6. The van der Waals surface area contributed by atoms with Gasteiger partial charge in [-0.05, 0) is 35.2 Å². The van der Waals surface area contributed by atoms with E-state index in [1.165, 1.54) is 7.11 Å². The van der Waals surface area contributed by atoms with Crippen LogP contribution in [-0.2, 0) is 11.2 Å². The van der Waals surface area contributed by atoms with Crippen molar-refractivity contribution in [3.8, 4) is 22.6 Å². The zero-order valence-electron chi connectivity index (χ0n) is 18.9. The molecule has 3 aromatic carbocycles. The quantitative estimate of drug-likeness (QED) is 0.628. The van der Waals surface area contributed by atoms with Crippen molar-refractivity contribution in [2.75, 3.05) is 33.9 Å². The Kier molecular flexibility index (Phi) is 6.93. The maximum absolute atomic E-state index is 13.4. The fourth-order valence-corrected chi connectivity index (χ4v) is 4.26. The lowest BCUT2D eigenvalue weighted by Crippen LogP contribution is -2.37. The molecule has 1 saturated heterocycles. The second kappa shape index (κ2) is 10.2. The van der Waals surface area contributed by atoms with Gasteiger partial charge < -0.3 is 19.7 Å². The first kappa shape index (κ1) is 22.4. The van der Waals surface area contributed by atoms with Crippen molar-refractivity contribution in [3.63, 3.8) is 0 Å². The normalized spacial score (nSPS) is 16.0. The highest BCUT2D eigenvalue weighted by Gasteiger charge is 2.30. The fraction of sp³-hybridized carbons (Fsp3) is 0.259. The van der Waals surface area contributed by atoms with E-state index in [1.807, 2.05) is 30.3 Å². The van der Waals surface area contributed by atoms with Crippen LogP contribution in [0.15, 0.2) is 72.8 Å². The van der Waals surface area contributed by atoms with Gasteiger partial charge in [0.1, 0.15) is 0 Å². The van der Waals surface area contributed by atoms with Gasteiger partial charge in [-0.3, -0.25) is 9.59 Å². The summed E-state index contributed by atoms with van der Waals surface area (Å²) in [5, 5.41) is 2.96. The lowest BCUT2D eigenvalue weighted by molar-refractivity contribution is -0.124. The lowest BCUT2D eigenvalue weighted by Gasteiger charge is -2.24. The molecule has 1 atom stereocenters. The average molecular weight is 445 g/mol. The molecule has 1 fully saturated rings. The highest BCUT2D eigenvalue weighted by Crippen LogP contribution is 2.32. The maximum atomic E-state index is 13.4. The van der Waals surface area contributed by atoms with Gasteiger partial charge in [-0.15, -0.1) is 0 Å². The van der Waals surface area contributed by atoms with Crippen LogP contribution in [0.2, 0.25) is 0 Å². The summed E-state index contributed by atoms with van der Waals surface area (Å²) in [6.45, 7) is 1.18. The number of para-hydroxylation sites is 1. The fourth-order valence-electron chi connectivity index (χ4n) is 4.26. The number of carbonyl (C=O) groups excluding carboxylic acids is 2. The molecule has 0 aromatic heterocycles. The first-order valence-electron chi connectivity index (χ1n) is 11.0. The molecule has 0 radical (unpaired) electrons. The second-order valence-corrected chi connectivity index (χ2v) is 8.05. The van der Waals surface area contributed by atoms with Crippen molar-refractivity contribution < 1.29 is 19.1 Å². The molecule has 2 amide bonds. The van der Waals surface area contributed by atoms with Gasteiger partial charge in [0.05, 0.1) is 25.7 Å². The number of methoxy groups -OCH3 is 2. The molecule has 0 aliphatic carbocycles. The van der Waals surface area contributed by atoms with Crippen LogP contribution in [0.4, 0.5) is 0 Å². The molecule has 0 unspecified atom stereocenters. The number of nitrogens with one attached hydrogen (secondary N) is 1. The van der Waals surface area contributed by atoms with E-state index in [4.69, 9.17) is 9.47 Å². The Balaban J connectivity index is 1.56. The van der Waals surface area contributed by atoms with Crippen molar-refractivity contribution in [1.82, 2.24) is 10.2 Å². The van der Waals surface area contributed by atoms with E-state index in [-0.39, 0.29) is 17.7 Å². The van der Waals surface area contributed by atoms with Crippen molar-refractivity contribution in [1.29, 1.82) is 0 Å². The van der Waals surface area contributed by atoms with E-state index < -0.39 is 0 Å². The van der Waals surface area contributed by atoms with Crippen LogP contribution in [0.5, 0.6) is 11.5 Å². The Hall–Kier alpha value is -3.80. The smallest absolute Gasteiger partial charge is 0.257 e. The van der Waals surface area contributed by atoms with Crippen molar-refractivity contribution in [3.05, 3.63) is 83.9 Å². The van der Waals surface area contributed by atoms with E-state index in [9.17, 15) is 9.59 Å². The summed E-state index contributed by atoms with van der Waals surface area (Å²) in [6.07, 6.45) is 0.547. The van der Waals surface area contributed by atoms with Crippen LogP contribution in [0.1, 0.15) is 15.9 Å². The van der Waals surface area contributed by atoms with Gasteiger partial charge in [-0.25, -0.2) is 0 Å². The predicted octanol–water partition coefficient (Wildman–Crippen LogP) is 3.80. The summed E-state index contributed by atoms with van der Waals surface area (Å²) in [5.74, 6) is 0.347. The highest BCUT2D eigenvalue weighted by molar-refractivity contribution is 5.98. The number of nitrogens with zero attached hydrogens (tertiary/aromatic N) is 1. The third-order valence-corrected chi connectivity index (χ3v) is 5.93. The summed E-state index contributed by atoms with van der Waals surface area (Å²) in [5.41, 5.74) is 3.73. The molecule has 1 heterocycles. The molecule has 170 valence electrons. The van der Waals surface area contributed by atoms with Gasteiger partial charge >= 0.3 is 0 Å². The Bertz CT molecular complexity index is 1130. The van der Waals surface area contributed by atoms with Crippen LogP contribution in [0, 0.1) is 5.92 Å². The van der Waals surface area contributed by atoms with Crippen LogP contribution >= 0.6 is 0 Å². The van der Waals surface area contributed by atoms with E-state index in [0.29, 0.717) is 43.1 Å². The number of amides is 2. The molecule has 0 bridgehead atoms. The van der Waals surface area contributed by atoms with E-state index in [1.54, 1.807) is 30.2 Å². The molecule has 0 spiro atoms. The molecule has 0 saturated carbocycles. The largest absolute Gasteiger partial charge is 0.493 e. The second-order valence-electron chi connectivity index (χ2n) is 8.05. The summed E-state index contributed by atoms with van der Waals surface area (Å²) in [7, 11) is 3.06. The van der Waals surface area contributed by atoms with Gasteiger partial charge in [-0.2, -0.15) is 0 Å². The lowest BCUT2D eigenvalue weighted by atomic mass is 9.95. The van der Waals surface area contributed by atoms with Gasteiger partial charge in [0, 0.05) is 19.6 Å². The van der Waals surface area contributed by atoms with Gasteiger partial charge in [0.25, 0.3) is 5.91 Å². The Morgan fingerprint density at radius 3 is 2.48 bits per heavy atom. The molecule has 6 heteroatoms. The maximum Gasteiger partial charge on any atom is 0.257 e. The molecule has 3 aromatic rings. The third-order valence-electron chi connectivity index (χ3n) is 5.93. The Labute approximate surface area is 194 Å². The van der Waals surface area contributed by atoms with Crippen LogP contribution < -0.4 is 14.8 Å². The summed E-state index contributed by atoms with van der Waals surface area (Å²) >= 11 is 0. The van der Waals surface area contributed by atoms with Crippen molar-refractivity contribution >= 4 is 11.8 Å². The predicted molar refractivity (Wildman–Crippen MR) is 128 cm³/mol. The number of ether oxygens (including phenoxy) is 2. The van der Waals surface area contributed by atoms with Gasteiger partial charge in [-0.1, -0.05) is 60.7 Å². The zero-order chi connectivity index (χ0) is 23.2. The minimum Gasteiger partial charge on any atom is -0.493 e. The van der Waals surface area contributed by atoms with Crippen molar-refractivity contribution in [2.45, 2.75) is 6.42 Å². The standard InChI is InChI=1S/C27H28N2O4/c1-32-24-13-7-12-23(25(24)33-2)27(31)29-15-14-28-26(30)22(18-29)17-19-8-6-11-21(16-19)20-9-4-3-5-10-20/h3-13,16,22H,14-15,17-18H2,1-2H3,(H,28,30)/t22-/m1/s1. The molecule has 33 heavy (non-hydrogen) atoms. The average Bonchev–Trinajstić information content (AvgIpc) is 3.05. The molecule has 1 N–H and O–H groups in total. The first-order valence-corrected chi connectivity index (χ1v) is 11.0. The SMILES string of the molecule is COc1cccc(C(=O)N2CCNC(=O)[C@H](Cc3cccc(-c4ccccc4)c3)C2)c1OC. The van der Waals surface area contributed by atoms with Gasteiger partial charge in [0.2, 0.25) is 5.91 Å². The number of hydrogen-bond acceptors (Lipinski definition) is 4. The monoisotopic (exact) mass is 444 g/mol. The number of hydrogen-bond donors (Lipinski definition) is 1. The summed E-state index contributed by atoms with van der Waals surface area (Å²) < 4.78 is 10.8. The van der Waals surface area contributed by atoms with Crippen molar-refractivity contribution in [2.24, 2.45) is 5.92 Å². The minimum absolute atomic E-state index is 0.0342. The third kappa shape index (κ3) is 5.00. The van der Waals surface area contributed by atoms with Crippen LogP contribution in [0.25, 0.3) is 11.1 Å². The minimum atomic E-state index is -0.348. The first-order chi connectivity index (χ1) is 16.1. The molecule has 1 aliphatic heterocycles. The topological polar surface area (TPSA) is 67.9 Å². The van der Waals surface area contributed by atoms with Gasteiger partial charge in [0.15, 0.2) is 11.5 Å². The zero-order valence-corrected chi connectivity index (χ0v) is 18.9. The number of rotatable bonds is 6. The molecular formula is C27H28N2O4. The Morgan fingerprint density at radius 1 is 0.970 bits per heavy atom.